The summed E-state index contributed by atoms with van der Waals surface area (Å²) in [6.07, 6.45) is 0. The maximum Gasteiger partial charge on any atom is 0.331 e. The van der Waals surface area contributed by atoms with Crippen molar-refractivity contribution < 1.29 is 24.2 Å². The van der Waals surface area contributed by atoms with Crippen LogP contribution in [0.1, 0.15) is 34.3 Å². The highest BCUT2D eigenvalue weighted by Crippen LogP contribution is 2.34. The number of benzene rings is 4. The van der Waals surface area contributed by atoms with Gasteiger partial charge in [0.25, 0.3) is 0 Å². The number of ether oxygens (including phenoxy) is 2. The van der Waals surface area contributed by atoms with Gasteiger partial charge in [0.1, 0.15) is 18.5 Å². The van der Waals surface area contributed by atoms with E-state index in [1.807, 2.05) is 30.3 Å². The summed E-state index contributed by atoms with van der Waals surface area (Å²) in [5, 5.41) is 20.9. The van der Waals surface area contributed by atoms with Gasteiger partial charge < -0.3 is 30.5 Å². The molecule has 9 nitrogen and oxygen atoms in total. The first-order chi connectivity index (χ1) is 19.8. The molecule has 0 aromatic heterocycles. The molecule has 210 valence electrons. The van der Waals surface area contributed by atoms with Gasteiger partial charge in [0.15, 0.2) is 17.5 Å². The Kier molecular flexibility index (Phi) is 9.21. The van der Waals surface area contributed by atoms with Gasteiger partial charge in [-0.25, -0.2) is 4.79 Å². The average Bonchev–Trinajstić information content (AvgIpc) is 2.99. The van der Waals surface area contributed by atoms with E-state index in [0.29, 0.717) is 40.5 Å². The van der Waals surface area contributed by atoms with Gasteiger partial charge in [-0.3, -0.25) is 10.2 Å². The van der Waals surface area contributed by atoms with Crippen LogP contribution in [0.3, 0.4) is 0 Å². The molecule has 2 atom stereocenters. The van der Waals surface area contributed by atoms with Crippen LogP contribution in [0.25, 0.3) is 0 Å². The molecule has 4 aromatic carbocycles. The van der Waals surface area contributed by atoms with Crippen molar-refractivity contribution in [3.63, 3.8) is 0 Å². The van der Waals surface area contributed by atoms with Crippen LogP contribution in [-0.2, 0) is 16.2 Å². The number of amidine groups is 1. The van der Waals surface area contributed by atoms with Crippen LogP contribution in [-0.4, -0.2) is 41.9 Å². The van der Waals surface area contributed by atoms with E-state index in [0.717, 1.165) is 5.56 Å². The summed E-state index contributed by atoms with van der Waals surface area (Å²) in [7, 11) is 2.98. The van der Waals surface area contributed by atoms with E-state index in [1.165, 1.54) is 19.1 Å². The lowest BCUT2D eigenvalue weighted by Gasteiger charge is -2.30. The number of nitrogens with two attached hydrogens (primary N) is 1. The van der Waals surface area contributed by atoms with Crippen LogP contribution < -0.4 is 20.5 Å². The van der Waals surface area contributed by atoms with Gasteiger partial charge in [-0.05, 0) is 53.1 Å². The first-order valence-corrected chi connectivity index (χ1v) is 12.9. The molecular formula is C32H32N4O5. The Labute approximate surface area is 238 Å². The number of carboxylic acid groups (broad SMARTS) is 1. The largest absolute Gasteiger partial charge is 0.493 e. The Hall–Kier alpha value is -5.31. The Morgan fingerprint density at radius 1 is 0.902 bits per heavy atom. The molecule has 5 N–H and O–H groups in total. The monoisotopic (exact) mass is 552 g/mol. The van der Waals surface area contributed by atoms with Crippen molar-refractivity contribution in [3.8, 4) is 11.5 Å². The lowest BCUT2D eigenvalue weighted by atomic mass is 10.0. The molecule has 0 saturated heterocycles. The summed E-state index contributed by atoms with van der Waals surface area (Å²) >= 11 is 0. The van der Waals surface area contributed by atoms with Crippen LogP contribution in [0.2, 0.25) is 0 Å². The second kappa shape index (κ2) is 13.2. The standard InChI is InChI=1S/C32H32N4O5/c1-36(29(32(38)39)22-11-7-4-8-12-22)31(37)28(35-25-16-13-23(14-17-25)30(33)34)24-15-18-26(27(19-24)40-2)41-20-21-9-5-3-6-10-21/h3-19,28-29,35H,20H2,1-2H3,(H3,33,34)(H,38,39)/t28-,29+/m1/s1. The smallest absolute Gasteiger partial charge is 0.331 e. The number of nitrogens with zero attached hydrogens (tertiary/aromatic N) is 1. The quantitative estimate of drug-likeness (QED) is 0.143. The summed E-state index contributed by atoms with van der Waals surface area (Å²) in [6.45, 7) is 0.333. The molecule has 0 radical (unpaired) electrons. The van der Waals surface area contributed by atoms with Crippen LogP contribution in [0, 0.1) is 5.41 Å². The fraction of sp³-hybridized carbons (Fsp3) is 0.156. The number of rotatable bonds is 12. The van der Waals surface area contributed by atoms with Crippen LogP contribution in [0.4, 0.5) is 5.69 Å². The van der Waals surface area contributed by atoms with E-state index < -0.39 is 24.0 Å². The highest BCUT2D eigenvalue weighted by atomic mass is 16.5. The van der Waals surface area contributed by atoms with Crippen molar-refractivity contribution in [2.75, 3.05) is 19.5 Å². The predicted octanol–water partition coefficient (Wildman–Crippen LogP) is 5.00. The summed E-state index contributed by atoms with van der Waals surface area (Å²) in [5.74, 6) is -0.786. The molecule has 41 heavy (non-hydrogen) atoms. The minimum absolute atomic E-state index is 0.0769. The van der Waals surface area contributed by atoms with Crippen molar-refractivity contribution in [3.05, 3.63) is 125 Å². The van der Waals surface area contributed by atoms with E-state index >= 15 is 0 Å². The molecule has 0 fully saturated rings. The van der Waals surface area contributed by atoms with Crippen LogP contribution in [0.15, 0.2) is 103 Å². The van der Waals surface area contributed by atoms with Crippen molar-refractivity contribution in [2.24, 2.45) is 5.73 Å². The highest BCUT2D eigenvalue weighted by Gasteiger charge is 2.33. The zero-order valence-electron chi connectivity index (χ0n) is 22.8. The molecule has 0 aliphatic heterocycles. The number of hydrogen-bond acceptors (Lipinski definition) is 6. The maximum absolute atomic E-state index is 14.0. The van der Waals surface area contributed by atoms with Gasteiger partial charge >= 0.3 is 5.97 Å². The zero-order chi connectivity index (χ0) is 29.4. The third kappa shape index (κ3) is 7.02. The van der Waals surface area contributed by atoms with E-state index in [9.17, 15) is 14.7 Å². The third-order valence-corrected chi connectivity index (χ3v) is 6.60. The summed E-state index contributed by atoms with van der Waals surface area (Å²) in [6, 6.07) is 28.0. The Morgan fingerprint density at radius 2 is 1.54 bits per heavy atom. The highest BCUT2D eigenvalue weighted by molar-refractivity contribution is 5.95. The molecule has 0 unspecified atom stereocenters. The molecule has 4 aromatic rings. The van der Waals surface area contributed by atoms with Crippen LogP contribution >= 0.6 is 0 Å². The number of nitrogen functional groups attached to an aromatic ring is 1. The van der Waals surface area contributed by atoms with Gasteiger partial charge in [-0.2, -0.15) is 0 Å². The molecule has 4 rings (SSSR count). The number of carbonyl (C=O) groups is 2. The average molecular weight is 553 g/mol. The minimum Gasteiger partial charge on any atom is -0.493 e. The number of carbonyl (C=O) groups excluding carboxylic acids is 1. The van der Waals surface area contributed by atoms with Gasteiger partial charge in [-0.15, -0.1) is 0 Å². The molecule has 0 saturated carbocycles. The Balaban J connectivity index is 1.68. The van der Waals surface area contributed by atoms with Crippen molar-refractivity contribution in [1.29, 1.82) is 5.41 Å². The third-order valence-electron chi connectivity index (χ3n) is 6.60. The lowest BCUT2D eigenvalue weighted by Crippen LogP contribution is -2.40. The first kappa shape index (κ1) is 28.7. The molecule has 1 amide bonds. The number of amides is 1. The molecule has 0 bridgehead atoms. The molecular weight excluding hydrogens is 520 g/mol. The van der Waals surface area contributed by atoms with Gasteiger partial charge in [0, 0.05) is 18.3 Å². The molecule has 9 heteroatoms. The number of hydrogen-bond donors (Lipinski definition) is 4. The Bertz CT molecular complexity index is 1490. The van der Waals surface area contributed by atoms with Gasteiger partial charge in [-0.1, -0.05) is 66.7 Å². The second-order valence-corrected chi connectivity index (χ2v) is 9.35. The van der Waals surface area contributed by atoms with Crippen molar-refractivity contribution in [2.45, 2.75) is 18.7 Å². The normalized spacial score (nSPS) is 12.0. The van der Waals surface area contributed by atoms with Crippen molar-refractivity contribution >= 4 is 23.4 Å². The van der Waals surface area contributed by atoms with Crippen molar-refractivity contribution in [1.82, 2.24) is 4.90 Å². The Morgan fingerprint density at radius 3 is 2.12 bits per heavy atom. The van der Waals surface area contributed by atoms with E-state index in [1.54, 1.807) is 72.8 Å². The second-order valence-electron chi connectivity index (χ2n) is 9.35. The number of likely N-dealkylation sites (N-methyl/N-ethyl adjacent to an activating group) is 1. The number of aliphatic carboxylic acids is 1. The minimum atomic E-state index is -1.21. The number of carboxylic acids is 1. The lowest BCUT2D eigenvalue weighted by molar-refractivity contribution is -0.149. The van der Waals surface area contributed by atoms with E-state index in [2.05, 4.69) is 5.32 Å². The fourth-order valence-electron chi connectivity index (χ4n) is 4.42. The maximum atomic E-state index is 14.0. The molecule has 0 spiro atoms. The van der Waals surface area contributed by atoms with Crippen LogP contribution in [0.5, 0.6) is 11.5 Å². The van der Waals surface area contributed by atoms with E-state index in [-0.39, 0.29) is 5.84 Å². The fourth-order valence-corrected chi connectivity index (χ4v) is 4.42. The molecule has 0 heterocycles. The number of methoxy groups -OCH3 is 1. The predicted molar refractivity (Wildman–Crippen MR) is 157 cm³/mol. The van der Waals surface area contributed by atoms with E-state index in [4.69, 9.17) is 20.6 Å². The topological polar surface area (TPSA) is 138 Å². The molecule has 0 aliphatic rings. The zero-order valence-corrected chi connectivity index (χ0v) is 22.8. The van der Waals surface area contributed by atoms with Gasteiger partial charge in [0.2, 0.25) is 5.91 Å². The first-order valence-electron chi connectivity index (χ1n) is 12.9. The summed E-state index contributed by atoms with van der Waals surface area (Å²) < 4.78 is 11.6. The summed E-state index contributed by atoms with van der Waals surface area (Å²) in [5.41, 5.74) is 8.71. The summed E-state index contributed by atoms with van der Waals surface area (Å²) in [4.78, 5) is 27.5. The number of anilines is 1. The number of nitrogens with one attached hydrogen (secondary N) is 2. The molecule has 0 aliphatic carbocycles. The van der Waals surface area contributed by atoms with Gasteiger partial charge in [0.05, 0.1) is 7.11 Å². The SMILES string of the molecule is COc1cc([C@@H](Nc2ccc(C(=N)N)cc2)C(=O)N(C)[C@H](C(=O)O)c2ccccc2)ccc1OCc1ccccc1.